The van der Waals surface area contributed by atoms with Gasteiger partial charge in [-0.25, -0.2) is 0 Å². The smallest absolute Gasteiger partial charge is 0.166 e. The summed E-state index contributed by atoms with van der Waals surface area (Å²) in [6.45, 7) is 6.06. The fraction of sp³-hybridized carbons (Fsp3) is 0.533. The number of aryl methyl sites for hydroxylation is 2. The van der Waals surface area contributed by atoms with Crippen LogP contribution in [-0.2, 0) is 6.42 Å². The topological polar surface area (TPSA) is 37.3 Å². The maximum atomic E-state index is 12.1. The Kier molecular flexibility index (Phi) is 5.20. The first kappa shape index (κ1) is 13.8. The molecule has 0 saturated heterocycles. The normalized spacial score (nSPS) is 10.5. The molecule has 1 rings (SSSR count). The fourth-order valence-corrected chi connectivity index (χ4v) is 2.10. The first-order valence-corrected chi connectivity index (χ1v) is 6.45. The van der Waals surface area contributed by atoms with Crippen LogP contribution in [0.3, 0.4) is 0 Å². The number of hydrogen-bond acceptors (Lipinski definition) is 2. The van der Waals surface area contributed by atoms with Gasteiger partial charge in [-0.15, -0.1) is 0 Å². The van der Waals surface area contributed by atoms with E-state index in [9.17, 15) is 9.90 Å². The number of hydrogen-bond donors (Lipinski definition) is 1. The van der Waals surface area contributed by atoms with E-state index < -0.39 is 0 Å². The zero-order chi connectivity index (χ0) is 12.8. The molecule has 0 amide bonds. The van der Waals surface area contributed by atoms with Gasteiger partial charge in [0, 0.05) is 6.42 Å². The molecule has 94 valence electrons. The molecule has 0 unspecified atom stereocenters. The lowest BCUT2D eigenvalue weighted by molar-refractivity contribution is 0.0976. The number of phenolic OH excluding ortho intramolecular Hbond substituents is 1. The lowest BCUT2D eigenvalue weighted by Gasteiger charge is -2.10. The van der Waals surface area contributed by atoms with Crippen molar-refractivity contribution >= 4 is 5.78 Å². The number of carbonyl (C=O) groups is 1. The second-order valence-corrected chi connectivity index (χ2v) is 4.55. The van der Waals surface area contributed by atoms with Gasteiger partial charge in [-0.05, 0) is 37.0 Å². The van der Waals surface area contributed by atoms with Gasteiger partial charge in [-0.3, -0.25) is 4.79 Å². The maximum Gasteiger partial charge on any atom is 0.166 e. The number of rotatable bonds is 6. The van der Waals surface area contributed by atoms with Crippen LogP contribution in [-0.4, -0.2) is 10.9 Å². The third-order valence-electron chi connectivity index (χ3n) is 3.01. The van der Waals surface area contributed by atoms with Crippen molar-refractivity contribution in [2.45, 2.75) is 52.9 Å². The molecule has 0 atom stereocenters. The van der Waals surface area contributed by atoms with E-state index in [0.717, 1.165) is 36.8 Å². The molecule has 0 aliphatic heterocycles. The highest BCUT2D eigenvalue weighted by molar-refractivity contribution is 6.00. The van der Waals surface area contributed by atoms with E-state index >= 15 is 0 Å². The predicted octanol–water partition coefficient (Wildman–Crippen LogP) is 4.03. The van der Waals surface area contributed by atoms with Crippen LogP contribution in [0.4, 0.5) is 0 Å². The monoisotopic (exact) mass is 234 g/mol. The Hall–Kier alpha value is -1.31. The molecule has 0 saturated carbocycles. The molecular weight excluding hydrogens is 212 g/mol. The zero-order valence-electron chi connectivity index (χ0n) is 11.0. The average molecular weight is 234 g/mol. The van der Waals surface area contributed by atoms with Gasteiger partial charge in [0.15, 0.2) is 5.78 Å². The number of aromatic hydroxyl groups is 1. The summed E-state index contributed by atoms with van der Waals surface area (Å²) in [5, 5.41) is 9.91. The van der Waals surface area contributed by atoms with Crippen LogP contribution >= 0.6 is 0 Å². The summed E-state index contributed by atoms with van der Waals surface area (Å²) in [7, 11) is 0. The quantitative estimate of drug-likeness (QED) is 0.596. The van der Waals surface area contributed by atoms with Crippen molar-refractivity contribution in [3.8, 4) is 5.75 Å². The van der Waals surface area contributed by atoms with Gasteiger partial charge >= 0.3 is 0 Å². The molecule has 1 aromatic rings. The Balaban J connectivity index is 2.92. The average Bonchev–Trinajstić information content (AvgIpc) is 2.27. The van der Waals surface area contributed by atoms with Crippen LogP contribution < -0.4 is 0 Å². The molecule has 17 heavy (non-hydrogen) atoms. The molecule has 0 fully saturated rings. The lowest BCUT2D eigenvalue weighted by atomic mass is 9.95. The molecule has 2 nitrogen and oxygen atoms in total. The van der Waals surface area contributed by atoms with Crippen molar-refractivity contribution in [1.82, 2.24) is 0 Å². The number of unbranched alkanes of at least 4 members (excludes halogenated alkanes) is 2. The Labute approximate surface area is 104 Å². The molecule has 0 bridgehead atoms. The SMILES string of the molecule is CCCCCC(=O)c1c(O)cc(C)cc1CC. The second-order valence-electron chi connectivity index (χ2n) is 4.55. The van der Waals surface area contributed by atoms with E-state index in [2.05, 4.69) is 6.92 Å². The van der Waals surface area contributed by atoms with Crippen LogP contribution in [0.1, 0.15) is 61.0 Å². The van der Waals surface area contributed by atoms with Crippen molar-refractivity contribution in [2.24, 2.45) is 0 Å². The summed E-state index contributed by atoms with van der Waals surface area (Å²) in [6, 6.07) is 3.67. The van der Waals surface area contributed by atoms with Crippen molar-refractivity contribution < 1.29 is 9.90 Å². The number of benzene rings is 1. The second kappa shape index (κ2) is 6.43. The zero-order valence-corrected chi connectivity index (χ0v) is 11.0. The van der Waals surface area contributed by atoms with Crippen LogP contribution in [0.15, 0.2) is 12.1 Å². The number of Topliss-reactive ketones (excluding diaryl/α,β-unsaturated/α-hetero) is 1. The summed E-state index contributed by atoms with van der Waals surface area (Å²) >= 11 is 0. The highest BCUT2D eigenvalue weighted by Gasteiger charge is 2.15. The van der Waals surface area contributed by atoms with Crippen LogP contribution in [0, 0.1) is 6.92 Å². The molecule has 2 heteroatoms. The summed E-state index contributed by atoms with van der Waals surface area (Å²) < 4.78 is 0. The van der Waals surface area contributed by atoms with E-state index in [1.54, 1.807) is 6.07 Å². The first-order chi connectivity index (χ1) is 8.10. The molecule has 1 N–H and O–H groups in total. The van der Waals surface area contributed by atoms with E-state index in [4.69, 9.17) is 0 Å². The minimum Gasteiger partial charge on any atom is -0.507 e. The van der Waals surface area contributed by atoms with Gasteiger partial charge in [-0.2, -0.15) is 0 Å². The van der Waals surface area contributed by atoms with Gasteiger partial charge in [-0.1, -0.05) is 32.8 Å². The van der Waals surface area contributed by atoms with Crippen molar-refractivity contribution in [3.63, 3.8) is 0 Å². The van der Waals surface area contributed by atoms with Crippen LogP contribution in [0.2, 0.25) is 0 Å². The number of ketones is 1. The van der Waals surface area contributed by atoms with Crippen LogP contribution in [0.25, 0.3) is 0 Å². The third kappa shape index (κ3) is 3.58. The van der Waals surface area contributed by atoms with Gasteiger partial charge < -0.3 is 5.11 Å². The molecule has 0 aliphatic rings. The fourth-order valence-electron chi connectivity index (χ4n) is 2.10. The van der Waals surface area contributed by atoms with Crippen molar-refractivity contribution in [2.75, 3.05) is 0 Å². The summed E-state index contributed by atoms with van der Waals surface area (Å²) in [5.41, 5.74) is 2.50. The maximum absolute atomic E-state index is 12.1. The van der Waals surface area contributed by atoms with Gasteiger partial charge in [0.2, 0.25) is 0 Å². The Bertz CT molecular complexity index is 394. The van der Waals surface area contributed by atoms with E-state index in [0.29, 0.717) is 12.0 Å². The Morgan fingerprint density at radius 3 is 2.53 bits per heavy atom. The molecule has 0 heterocycles. The van der Waals surface area contributed by atoms with E-state index in [-0.39, 0.29) is 11.5 Å². The molecule has 0 radical (unpaired) electrons. The van der Waals surface area contributed by atoms with E-state index in [1.807, 2.05) is 19.9 Å². The van der Waals surface area contributed by atoms with Gasteiger partial charge in [0.1, 0.15) is 5.75 Å². The minimum atomic E-state index is 0.0767. The van der Waals surface area contributed by atoms with Crippen LogP contribution in [0.5, 0.6) is 5.75 Å². The van der Waals surface area contributed by atoms with E-state index in [1.165, 1.54) is 0 Å². The number of carbonyl (C=O) groups excluding carboxylic acids is 1. The lowest BCUT2D eigenvalue weighted by Crippen LogP contribution is -2.04. The molecule has 1 aromatic carbocycles. The minimum absolute atomic E-state index is 0.0767. The standard InChI is InChI=1S/C15H22O2/c1-4-6-7-8-13(16)15-12(5-2)9-11(3)10-14(15)17/h9-10,17H,4-8H2,1-3H3. The number of phenols is 1. The highest BCUT2D eigenvalue weighted by Crippen LogP contribution is 2.26. The highest BCUT2D eigenvalue weighted by atomic mass is 16.3. The molecular formula is C15H22O2. The third-order valence-corrected chi connectivity index (χ3v) is 3.01. The van der Waals surface area contributed by atoms with Crippen molar-refractivity contribution in [3.05, 3.63) is 28.8 Å². The summed E-state index contributed by atoms with van der Waals surface area (Å²) in [4.78, 5) is 12.1. The Morgan fingerprint density at radius 1 is 1.24 bits per heavy atom. The molecule has 0 spiro atoms. The van der Waals surface area contributed by atoms with Gasteiger partial charge in [0.05, 0.1) is 5.56 Å². The van der Waals surface area contributed by atoms with Gasteiger partial charge in [0.25, 0.3) is 0 Å². The Morgan fingerprint density at radius 2 is 1.94 bits per heavy atom. The first-order valence-electron chi connectivity index (χ1n) is 6.45. The summed E-state index contributed by atoms with van der Waals surface area (Å²) in [5.74, 6) is 0.219. The molecule has 0 aliphatic carbocycles. The summed E-state index contributed by atoms with van der Waals surface area (Å²) in [6.07, 6.45) is 4.40. The van der Waals surface area contributed by atoms with Crippen molar-refractivity contribution in [1.29, 1.82) is 0 Å². The predicted molar refractivity (Wildman–Crippen MR) is 70.7 cm³/mol. The molecule has 0 aromatic heterocycles. The largest absolute Gasteiger partial charge is 0.507 e.